The van der Waals surface area contributed by atoms with E-state index in [1.54, 1.807) is 24.3 Å². The van der Waals surface area contributed by atoms with Crippen LogP contribution in [0.5, 0.6) is 0 Å². The van der Waals surface area contributed by atoms with E-state index in [9.17, 15) is 18.0 Å². The molecule has 1 aromatic carbocycles. The molecule has 0 fully saturated rings. The normalized spacial score (nSPS) is 11.4. The summed E-state index contributed by atoms with van der Waals surface area (Å²) >= 11 is 12.0. The minimum atomic E-state index is -4.56. The first-order valence-electron chi connectivity index (χ1n) is 7.54. The quantitative estimate of drug-likeness (QED) is 0.659. The molecule has 2 heterocycles. The van der Waals surface area contributed by atoms with Crippen LogP contribution in [0.2, 0.25) is 10.0 Å². The molecule has 0 aliphatic rings. The number of benzene rings is 1. The van der Waals surface area contributed by atoms with Gasteiger partial charge in [-0.15, -0.1) is 0 Å². The number of amides is 1. The minimum Gasteiger partial charge on any atom is -0.307 e. The van der Waals surface area contributed by atoms with Crippen molar-refractivity contribution in [1.82, 2.24) is 14.8 Å². The molecule has 0 bridgehead atoms. The average Bonchev–Trinajstić information content (AvgIpc) is 3.03. The van der Waals surface area contributed by atoms with Gasteiger partial charge in [0.15, 0.2) is 0 Å². The van der Waals surface area contributed by atoms with E-state index in [0.717, 1.165) is 23.9 Å². The highest BCUT2D eigenvalue weighted by Crippen LogP contribution is 2.27. The van der Waals surface area contributed by atoms with E-state index in [0.29, 0.717) is 15.9 Å². The molecule has 3 aromatic rings. The van der Waals surface area contributed by atoms with Crippen LogP contribution in [-0.2, 0) is 12.7 Å². The number of halogens is 5. The number of carbonyl (C=O) groups is 1. The van der Waals surface area contributed by atoms with Crippen molar-refractivity contribution in [3.8, 4) is 0 Å². The Hall–Kier alpha value is -2.58. The van der Waals surface area contributed by atoms with Crippen molar-refractivity contribution in [2.75, 3.05) is 5.32 Å². The Kier molecular flexibility index (Phi) is 5.38. The van der Waals surface area contributed by atoms with Gasteiger partial charge in [0.05, 0.1) is 18.3 Å². The zero-order valence-corrected chi connectivity index (χ0v) is 15.0. The maximum absolute atomic E-state index is 12.5. The molecular weight excluding hydrogens is 404 g/mol. The lowest BCUT2D eigenvalue weighted by atomic mass is 10.2. The van der Waals surface area contributed by atoms with Crippen molar-refractivity contribution >= 4 is 34.9 Å². The van der Waals surface area contributed by atoms with Crippen molar-refractivity contribution in [2.45, 2.75) is 12.7 Å². The van der Waals surface area contributed by atoms with E-state index in [-0.39, 0.29) is 12.1 Å². The van der Waals surface area contributed by atoms with Crippen LogP contribution in [0, 0.1) is 0 Å². The van der Waals surface area contributed by atoms with Gasteiger partial charge in [0.25, 0.3) is 5.91 Å². The van der Waals surface area contributed by atoms with Crippen molar-refractivity contribution < 1.29 is 18.0 Å². The molecule has 0 atom stereocenters. The predicted molar refractivity (Wildman–Crippen MR) is 95.0 cm³/mol. The standard InChI is InChI=1S/C17H11Cl2F3N4O/c18-12-3-1-11(13(19)7-12)9-26-15(5-6-24-26)25-16(27)10-2-4-14(23-8-10)17(20,21)22/h1-8H,9H2,(H,25,27). The first-order valence-corrected chi connectivity index (χ1v) is 8.30. The highest BCUT2D eigenvalue weighted by Gasteiger charge is 2.32. The molecule has 0 aliphatic heterocycles. The van der Waals surface area contributed by atoms with E-state index in [4.69, 9.17) is 23.2 Å². The number of nitrogens with zero attached hydrogens (tertiary/aromatic N) is 3. The fraction of sp³-hybridized carbons (Fsp3) is 0.118. The molecule has 0 saturated heterocycles. The summed E-state index contributed by atoms with van der Waals surface area (Å²) in [5, 5.41) is 7.64. The first-order chi connectivity index (χ1) is 12.7. The Labute approximate surface area is 161 Å². The van der Waals surface area contributed by atoms with Crippen molar-refractivity contribution in [2.24, 2.45) is 0 Å². The predicted octanol–water partition coefficient (Wildman–Crippen LogP) is 4.90. The number of pyridine rings is 1. The maximum atomic E-state index is 12.5. The number of rotatable bonds is 4. The number of carbonyl (C=O) groups excluding carboxylic acids is 1. The summed E-state index contributed by atoms with van der Waals surface area (Å²) in [7, 11) is 0. The Morgan fingerprint density at radius 1 is 1.15 bits per heavy atom. The van der Waals surface area contributed by atoms with Crippen molar-refractivity contribution in [3.05, 3.63) is 75.7 Å². The Morgan fingerprint density at radius 3 is 2.56 bits per heavy atom. The number of alkyl halides is 3. The minimum absolute atomic E-state index is 0.0136. The molecule has 0 saturated carbocycles. The molecule has 0 aliphatic carbocycles. The van der Waals surface area contributed by atoms with Crippen molar-refractivity contribution in [3.63, 3.8) is 0 Å². The fourth-order valence-corrected chi connectivity index (χ4v) is 2.73. The summed E-state index contributed by atoms with van der Waals surface area (Å²) in [5.74, 6) is -0.258. The lowest BCUT2D eigenvalue weighted by Crippen LogP contribution is -2.17. The third-order valence-electron chi connectivity index (χ3n) is 3.61. The monoisotopic (exact) mass is 414 g/mol. The molecule has 10 heteroatoms. The van der Waals surface area contributed by atoms with Gasteiger partial charge in [-0.3, -0.25) is 9.78 Å². The second kappa shape index (κ2) is 7.58. The third-order valence-corrected chi connectivity index (χ3v) is 4.20. The number of anilines is 1. The number of hydrogen-bond acceptors (Lipinski definition) is 3. The van der Waals surface area contributed by atoms with E-state index < -0.39 is 17.8 Å². The Balaban J connectivity index is 1.75. The summed E-state index contributed by atoms with van der Waals surface area (Å²) < 4.78 is 39.1. The van der Waals surface area contributed by atoms with Gasteiger partial charge in [0.1, 0.15) is 11.5 Å². The molecule has 0 unspecified atom stereocenters. The number of hydrogen-bond donors (Lipinski definition) is 1. The third kappa shape index (κ3) is 4.58. The molecule has 0 spiro atoms. The van der Waals surface area contributed by atoms with E-state index in [2.05, 4.69) is 15.4 Å². The van der Waals surface area contributed by atoms with Crippen LogP contribution in [0.1, 0.15) is 21.6 Å². The SMILES string of the molecule is O=C(Nc1ccnn1Cc1ccc(Cl)cc1Cl)c1ccc(C(F)(F)F)nc1. The summed E-state index contributed by atoms with van der Waals surface area (Å²) in [6, 6.07) is 8.37. The van der Waals surface area contributed by atoms with E-state index in [1.165, 1.54) is 10.9 Å². The lowest BCUT2D eigenvalue weighted by Gasteiger charge is -2.11. The van der Waals surface area contributed by atoms with Crippen molar-refractivity contribution in [1.29, 1.82) is 0 Å². The van der Waals surface area contributed by atoms with Gasteiger partial charge in [-0.2, -0.15) is 18.3 Å². The van der Waals surface area contributed by atoms with Crippen LogP contribution in [0.15, 0.2) is 48.8 Å². The molecule has 2 aromatic heterocycles. The fourth-order valence-electron chi connectivity index (χ4n) is 2.26. The van der Waals surface area contributed by atoms with Crippen LogP contribution in [-0.4, -0.2) is 20.7 Å². The largest absolute Gasteiger partial charge is 0.433 e. The molecule has 0 radical (unpaired) electrons. The zero-order valence-electron chi connectivity index (χ0n) is 13.5. The van der Waals surface area contributed by atoms with Gasteiger partial charge in [0, 0.05) is 22.3 Å². The van der Waals surface area contributed by atoms with Gasteiger partial charge in [-0.25, -0.2) is 4.68 Å². The summed E-state index contributed by atoms with van der Waals surface area (Å²) in [4.78, 5) is 15.5. The molecule has 3 rings (SSSR count). The Bertz CT molecular complexity index is 971. The second-order valence-electron chi connectivity index (χ2n) is 5.49. The summed E-state index contributed by atoms with van der Waals surface area (Å²) in [6.07, 6.45) is -2.22. The molecule has 1 amide bonds. The average molecular weight is 415 g/mol. The van der Waals surface area contributed by atoms with Crippen LogP contribution in [0.3, 0.4) is 0 Å². The zero-order chi connectivity index (χ0) is 19.6. The van der Waals surface area contributed by atoms with Gasteiger partial charge < -0.3 is 5.32 Å². The lowest BCUT2D eigenvalue weighted by molar-refractivity contribution is -0.141. The van der Waals surface area contributed by atoms with Crippen LogP contribution >= 0.6 is 23.2 Å². The molecule has 5 nitrogen and oxygen atoms in total. The second-order valence-corrected chi connectivity index (χ2v) is 6.34. The number of nitrogens with one attached hydrogen (secondary N) is 1. The van der Waals surface area contributed by atoms with Crippen LogP contribution in [0.25, 0.3) is 0 Å². The highest BCUT2D eigenvalue weighted by atomic mass is 35.5. The van der Waals surface area contributed by atoms with Gasteiger partial charge >= 0.3 is 6.18 Å². The van der Waals surface area contributed by atoms with Crippen LogP contribution < -0.4 is 5.32 Å². The molecular formula is C17H11Cl2F3N4O. The summed E-state index contributed by atoms with van der Waals surface area (Å²) in [6.45, 7) is 0.268. The highest BCUT2D eigenvalue weighted by molar-refractivity contribution is 6.35. The topological polar surface area (TPSA) is 59.8 Å². The molecule has 140 valence electrons. The first kappa shape index (κ1) is 19.2. The smallest absolute Gasteiger partial charge is 0.307 e. The number of aromatic nitrogens is 3. The van der Waals surface area contributed by atoms with Gasteiger partial charge in [0.2, 0.25) is 0 Å². The molecule has 1 N–H and O–H groups in total. The van der Waals surface area contributed by atoms with E-state index in [1.807, 2.05) is 0 Å². The van der Waals surface area contributed by atoms with Crippen LogP contribution in [0.4, 0.5) is 19.0 Å². The van der Waals surface area contributed by atoms with E-state index >= 15 is 0 Å². The van der Waals surface area contributed by atoms with Gasteiger partial charge in [-0.05, 0) is 29.8 Å². The summed E-state index contributed by atoms with van der Waals surface area (Å²) in [5.41, 5.74) is -0.349. The Morgan fingerprint density at radius 2 is 1.93 bits per heavy atom. The molecule has 27 heavy (non-hydrogen) atoms. The maximum Gasteiger partial charge on any atom is 0.433 e. The van der Waals surface area contributed by atoms with Gasteiger partial charge in [-0.1, -0.05) is 29.3 Å².